The third kappa shape index (κ3) is 2.92. The Bertz CT molecular complexity index is 740. The highest BCUT2D eigenvalue weighted by atomic mass is 32.2. The molecule has 3 rings (SSSR count). The lowest BCUT2D eigenvalue weighted by atomic mass is 10.2. The van der Waals surface area contributed by atoms with E-state index in [1.807, 2.05) is 43.5 Å². The number of furan rings is 1. The Labute approximate surface area is 126 Å². The Morgan fingerprint density at radius 1 is 1.24 bits per heavy atom. The van der Waals surface area contributed by atoms with Crippen LogP contribution in [0.3, 0.4) is 0 Å². The molecular weight excluding hydrogens is 286 g/mol. The minimum atomic E-state index is -0.0751. The third-order valence-corrected chi connectivity index (χ3v) is 3.58. The smallest absolute Gasteiger partial charge is 0.229 e. The van der Waals surface area contributed by atoms with Gasteiger partial charge in [-0.05, 0) is 25.3 Å². The van der Waals surface area contributed by atoms with Crippen LogP contribution in [0, 0.1) is 0 Å². The number of rotatable bonds is 4. The summed E-state index contributed by atoms with van der Waals surface area (Å²) in [5.41, 5.74) is 6.53. The fourth-order valence-corrected chi connectivity index (χ4v) is 2.37. The number of para-hydroxylation sites is 1. The molecule has 0 amide bonds. The molecule has 7 heteroatoms. The molecule has 108 valence electrons. The molecule has 1 atom stereocenters. The molecule has 3 N–H and O–H groups in total. The molecule has 6 nitrogen and oxygen atoms in total. The summed E-state index contributed by atoms with van der Waals surface area (Å²) in [6.07, 6.45) is 1.89. The van der Waals surface area contributed by atoms with Crippen molar-refractivity contribution in [3.8, 4) is 0 Å². The number of nitrogens with two attached hydrogens (primary N) is 1. The Morgan fingerprint density at radius 2 is 2.05 bits per heavy atom. The number of hydrogen-bond donors (Lipinski definition) is 2. The van der Waals surface area contributed by atoms with E-state index in [1.165, 1.54) is 11.8 Å². The van der Waals surface area contributed by atoms with E-state index >= 15 is 0 Å². The van der Waals surface area contributed by atoms with Gasteiger partial charge in [0.05, 0.1) is 6.04 Å². The zero-order valence-electron chi connectivity index (χ0n) is 11.7. The first kappa shape index (κ1) is 13.7. The average Bonchev–Trinajstić information content (AvgIpc) is 2.90. The summed E-state index contributed by atoms with van der Waals surface area (Å²) in [5, 5.41) is 4.84. The van der Waals surface area contributed by atoms with Gasteiger partial charge in [-0.2, -0.15) is 15.0 Å². The normalized spacial score (nSPS) is 12.5. The summed E-state index contributed by atoms with van der Waals surface area (Å²) in [6.45, 7) is 1.98. The van der Waals surface area contributed by atoms with Crippen molar-refractivity contribution in [2.24, 2.45) is 0 Å². The molecule has 0 aliphatic heterocycles. The van der Waals surface area contributed by atoms with Gasteiger partial charge in [0, 0.05) is 5.39 Å². The number of nitrogens with one attached hydrogen (secondary N) is 1. The number of anilines is 2. The zero-order chi connectivity index (χ0) is 14.8. The third-order valence-electron chi connectivity index (χ3n) is 3.03. The Hall–Kier alpha value is -2.28. The second-order valence-electron chi connectivity index (χ2n) is 4.56. The second-order valence-corrected chi connectivity index (χ2v) is 5.33. The predicted octanol–water partition coefficient (Wildman–Crippen LogP) is 3.10. The minimum Gasteiger partial charge on any atom is -0.459 e. The summed E-state index contributed by atoms with van der Waals surface area (Å²) in [4.78, 5) is 12.4. The van der Waals surface area contributed by atoms with E-state index < -0.39 is 0 Å². The summed E-state index contributed by atoms with van der Waals surface area (Å²) in [5.74, 6) is 1.47. The van der Waals surface area contributed by atoms with Crippen LogP contribution in [0.1, 0.15) is 18.7 Å². The van der Waals surface area contributed by atoms with Crippen molar-refractivity contribution in [1.82, 2.24) is 15.0 Å². The Kier molecular flexibility index (Phi) is 3.66. The standard InChI is InChI=1S/C14H15N5OS/c1-8(11-7-9-5-3-4-6-10(9)20-11)16-13-17-12(15)18-14(19-13)21-2/h3-8H,1-2H3,(H3,15,16,17,18,19). The van der Waals surface area contributed by atoms with Crippen LogP contribution in [-0.2, 0) is 0 Å². The van der Waals surface area contributed by atoms with Gasteiger partial charge in [-0.25, -0.2) is 0 Å². The van der Waals surface area contributed by atoms with E-state index in [-0.39, 0.29) is 12.0 Å². The molecule has 21 heavy (non-hydrogen) atoms. The molecule has 0 aliphatic rings. The highest BCUT2D eigenvalue weighted by Gasteiger charge is 2.13. The highest BCUT2D eigenvalue weighted by Crippen LogP contribution is 2.25. The van der Waals surface area contributed by atoms with Gasteiger partial charge in [-0.15, -0.1) is 0 Å². The van der Waals surface area contributed by atoms with Crippen LogP contribution >= 0.6 is 11.8 Å². The van der Waals surface area contributed by atoms with Crippen LogP contribution in [0.4, 0.5) is 11.9 Å². The quantitative estimate of drug-likeness (QED) is 0.715. The number of nitrogen functional groups attached to an aromatic ring is 1. The van der Waals surface area contributed by atoms with Crippen molar-refractivity contribution in [3.05, 3.63) is 36.1 Å². The summed E-state index contributed by atoms with van der Waals surface area (Å²) >= 11 is 1.42. The maximum absolute atomic E-state index is 5.82. The van der Waals surface area contributed by atoms with E-state index in [0.717, 1.165) is 16.7 Å². The molecule has 0 bridgehead atoms. The topological polar surface area (TPSA) is 89.9 Å². The Balaban J connectivity index is 1.85. The van der Waals surface area contributed by atoms with E-state index in [1.54, 1.807) is 0 Å². The first-order valence-electron chi connectivity index (χ1n) is 6.46. The number of nitrogens with zero attached hydrogens (tertiary/aromatic N) is 3. The largest absolute Gasteiger partial charge is 0.459 e. The van der Waals surface area contributed by atoms with Crippen LogP contribution in [0.5, 0.6) is 0 Å². The lowest BCUT2D eigenvalue weighted by Gasteiger charge is -2.11. The first-order chi connectivity index (χ1) is 10.2. The molecule has 2 aromatic heterocycles. The fraction of sp³-hybridized carbons (Fsp3) is 0.214. The van der Waals surface area contributed by atoms with Crippen molar-refractivity contribution in [1.29, 1.82) is 0 Å². The van der Waals surface area contributed by atoms with Gasteiger partial charge in [0.1, 0.15) is 11.3 Å². The lowest BCUT2D eigenvalue weighted by Crippen LogP contribution is -2.11. The molecule has 0 radical (unpaired) electrons. The van der Waals surface area contributed by atoms with E-state index in [9.17, 15) is 0 Å². The van der Waals surface area contributed by atoms with Crippen LogP contribution < -0.4 is 11.1 Å². The maximum atomic E-state index is 5.82. The first-order valence-corrected chi connectivity index (χ1v) is 7.69. The molecule has 3 aromatic rings. The fourth-order valence-electron chi connectivity index (χ4n) is 2.01. The molecule has 0 saturated carbocycles. The van der Waals surface area contributed by atoms with E-state index in [0.29, 0.717) is 11.1 Å². The monoisotopic (exact) mass is 301 g/mol. The molecule has 0 spiro atoms. The Morgan fingerprint density at radius 3 is 2.81 bits per heavy atom. The minimum absolute atomic E-state index is 0.0751. The molecular formula is C14H15N5OS. The molecule has 2 heterocycles. The van der Waals surface area contributed by atoms with E-state index in [2.05, 4.69) is 20.3 Å². The number of hydrogen-bond acceptors (Lipinski definition) is 7. The molecule has 0 saturated heterocycles. The van der Waals surface area contributed by atoms with Crippen LogP contribution in [0.25, 0.3) is 11.0 Å². The van der Waals surface area contributed by atoms with Crippen molar-refractivity contribution < 1.29 is 4.42 Å². The molecule has 1 aromatic carbocycles. The van der Waals surface area contributed by atoms with Crippen LogP contribution in [-0.4, -0.2) is 21.2 Å². The number of fused-ring (bicyclic) bond motifs is 1. The SMILES string of the molecule is CSc1nc(N)nc(NC(C)c2cc3ccccc3o2)n1. The predicted molar refractivity (Wildman–Crippen MR) is 84.3 cm³/mol. The maximum Gasteiger partial charge on any atom is 0.229 e. The van der Waals surface area contributed by atoms with Gasteiger partial charge in [-0.3, -0.25) is 0 Å². The van der Waals surface area contributed by atoms with Crippen molar-refractivity contribution in [2.45, 2.75) is 18.1 Å². The average molecular weight is 301 g/mol. The van der Waals surface area contributed by atoms with Gasteiger partial charge >= 0.3 is 0 Å². The summed E-state index contributed by atoms with van der Waals surface area (Å²) in [6, 6.07) is 9.82. The van der Waals surface area contributed by atoms with Crippen LogP contribution in [0.15, 0.2) is 39.9 Å². The van der Waals surface area contributed by atoms with Crippen molar-refractivity contribution in [3.63, 3.8) is 0 Å². The second kappa shape index (κ2) is 5.61. The van der Waals surface area contributed by atoms with Gasteiger partial charge in [0.25, 0.3) is 0 Å². The van der Waals surface area contributed by atoms with Crippen molar-refractivity contribution >= 4 is 34.6 Å². The lowest BCUT2D eigenvalue weighted by molar-refractivity contribution is 0.524. The molecule has 0 aliphatic carbocycles. The zero-order valence-corrected chi connectivity index (χ0v) is 12.5. The molecule has 0 fully saturated rings. The summed E-state index contributed by atoms with van der Waals surface area (Å²) < 4.78 is 5.82. The number of benzene rings is 1. The van der Waals surface area contributed by atoms with Crippen molar-refractivity contribution in [2.75, 3.05) is 17.3 Å². The highest BCUT2D eigenvalue weighted by molar-refractivity contribution is 7.98. The van der Waals surface area contributed by atoms with E-state index in [4.69, 9.17) is 10.2 Å². The van der Waals surface area contributed by atoms with Gasteiger partial charge in [0.2, 0.25) is 11.9 Å². The van der Waals surface area contributed by atoms with Gasteiger partial charge in [-0.1, -0.05) is 30.0 Å². The molecule has 1 unspecified atom stereocenters. The summed E-state index contributed by atoms with van der Waals surface area (Å²) in [7, 11) is 0. The number of aromatic nitrogens is 3. The van der Waals surface area contributed by atoms with Gasteiger partial charge in [0.15, 0.2) is 5.16 Å². The van der Waals surface area contributed by atoms with Gasteiger partial charge < -0.3 is 15.5 Å². The van der Waals surface area contributed by atoms with Crippen LogP contribution in [0.2, 0.25) is 0 Å². The number of thioether (sulfide) groups is 1.